The Balaban J connectivity index is 2.91. The van der Waals surface area contributed by atoms with Crippen LogP contribution in [-0.2, 0) is 4.79 Å². The van der Waals surface area contributed by atoms with Crippen molar-refractivity contribution in [3.8, 4) is 0 Å². The lowest BCUT2D eigenvalue weighted by molar-refractivity contribution is -0.119. The first-order valence-electron chi connectivity index (χ1n) is 6.34. The summed E-state index contributed by atoms with van der Waals surface area (Å²) in [4.78, 5) is 22.0. The van der Waals surface area contributed by atoms with Gasteiger partial charge in [0.1, 0.15) is 5.82 Å². The molecule has 1 aromatic heterocycles. The molecule has 0 aliphatic carbocycles. The fourth-order valence-corrected chi connectivity index (χ4v) is 1.93. The van der Waals surface area contributed by atoms with Crippen molar-refractivity contribution in [3.05, 3.63) is 10.7 Å². The molecule has 1 aromatic rings. The van der Waals surface area contributed by atoms with Gasteiger partial charge in [-0.1, -0.05) is 6.92 Å². The summed E-state index contributed by atoms with van der Waals surface area (Å²) in [5, 5.41) is 5.75. The van der Waals surface area contributed by atoms with Gasteiger partial charge in [-0.05, 0) is 29.3 Å². The number of carbonyl (C=O) groups is 1. The molecular formula is C12H20BrN5O. The number of hydrogen-bond acceptors (Lipinski definition) is 5. The van der Waals surface area contributed by atoms with Crippen LogP contribution >= 0.6 is 15.9 Å². The number of anilines is 2. The van der Waals surface area contributed by atoms with Gasteiger partial charge in [0.05, 0.1) is 11.0 Å². The van der Waals surface area contributed by atoms with E-state index in [1.807, 2.05) is 11.8 Å². The van der Waals surface area contributed by atoms with E-state index >= 15 is 0 Å². The normalized spacial score (nSPS) is 10.1. The van der Waals surface area contributed by atoms with Gasteiger partial charge in [-0.25, -0.2) is 4.98 Å². The predicted octanol–water partition coefficient (Wildman–Crippen LogP) is 1.63. The van der Waals surface area contributed by atoms with E-state index in [1.165, 1.54) is 0 Å². The molecule has 0 fully saturated rings. The minimum Gasteiger partial charge on any atom is -0.358 e. The lowest BCUT2D eigenvalue weighted by Crippen LogP contribution is -2.36. The van der Waals surface area contributed by atoms with Gasteiger partial charge in [-0.3, -0.25) is 4.79 Å². The van der Waals surface area contributed by atoms with Crippen LogP contribution in [0.5, 0.6) is 0 Å². The van der Waals surface area contributed by atoms with E-state index in [4.69, 9.17) is 0 Å². The van der Waals surface area contributed by atoms with Gasteiger partial charge in [0.2, 0.25) is 11.9 Å². The Kier molecular flexibility index (Phi) is 6.55. The van der Waals surface area contributed by atoms with Crippen LogP contribution in [0.25, 0.3) is 0 Å². The molecule has 6 nitrogen and oxygen atoms in total. The monoisotopic (exact) mass is 329 g/mol. The quantitative estimate of drug-likeness (QED) is 0.795. The Hall–Kier alpha value is -1.37. The molecular weight excluding hydrogens is 310 g/mol. The average molecular weight is 330 g/mol. The highest BCUT2D eigenvalue weighted by Crippen LogP contribution is 2.24. The lowest BCUT2D eigenvalue weighted by atomic mass is 10.4. The molecule has 0 aromatic carbocycles. The Morgan fingerprint density at radius 3 is 2.79 bits per heavy atom. The minimum absolute atomic E-state index is 0.0459. The van der Waals surface area contributed by atoms with Gasteiger partial charge in [0, 0.05) is 26.3 Å². The molecule has 1 rings (SSSR count). The van der Waals surface area contributed by atoms with Crippen LogP contribution in [0.2, 0.25) is 0 Å². The van der Waals surface area contributed by atoms with Crippen molar-refractivity contribution in [2.45, 2.75) is 20.3 Å². The molecule has 7 heteroatoms. The topological polar surface area (TPSA) is 70.2 Å². The molecule has 0 aliphatic heterocycles. The molecule has 0 aliphatic rings. The summed E-state index contributed by atoms with van der Waals surface area (Å²) < 4.78 is 0.778. The van der Waals surface area contributed by atoms with Crippen LogP contribution in [0.4, 0.5) is 11.8 Å². The van der Waals surface area contributed by atoms with Crippen molar-refractivity contribution in [2.24, 2.45) is 0 Å². The van der Waals surface area contributed by atoms with Crippen molar-refractivity contribution in [3.63, 3.8) is 0 Å². The molecule has 2 N–H and O–H groups in total. The Morgan fingerprint density at radius 2 is 2.21 bits per heavy atom. The second kappa shape index (κ2) is 7.93. The van der Waals surface area contributed by atoms with Gasteiger partial charge in [-0.2, -0.15) is 4.98 Å². The van der Waals surface area contributed by atoms with Crippen LogP contribution < -0.4 is 15.5 Å². The number of nitrogens with zero attached hydrogens (tertiary/aromatic N) is 3. The van der Waals surface area contributed by atoms with Crippen LogP contribution in [0.1, 0.15) is 20.3 Å². The van der Waals surface area contributed by atoms with Crippen LogP contribution in [0, 0.1) is 0 Å². The SMILES string of the molecule is CCCNc1ncc(Br)c(N(CC)CC(=O)NC)n1. The molecule has 0 bridgehead atoms. The Morgan fingerprint density at radius 1 is 1.47 bits per heavy atom. The molecule has 1 amide bonds. The minimum atomic E-state index is -0.0459. The molecule has 0 unspecified atom stereocenters. The van der Waals surface area contributed by atoms with Crippen LogP contribution in [0.3, 0.4) is 0 Å². The zero-order valence-corrected chi connectivity index (χ0v) is 13.1. The van der Waals surface area contributed by atoms with Crippen molar-refractivity contribution in [1.82, 2.24) is 15.3 Å². The first-order chi connectivity index (χ1) is 9.12. The summed E-state index contributed by atoms with van der Waals surface area (Å²) in [7, 11) is 1.62. The van der Waals surface area contributed by atoms with Crippen molar-refractivity contribution in [2.75, 3.05) is 36.9 Å². The molecule has 0 atom stereocenters. The molecule has 106 valence electrons. The maximum Gasteiger partial charge on any atom is 0.239 e. The molecule has 0 spiro atoms. The first kappa shape index (κ1) is 15.7. The van der Waals surface area contributed by atoms with Crippen molar-refractivity contribution in [1.29, 1.82) is 0 Å². The van der Waals surface area contributed by atoms with Crippen molar-refractivity contribution >= 4 is 33.6 Å². The molecule has 1 heterocycles. The summed E-state index contributed by atoms with van der Waals surface area (Å²) in [6.45, 7) is 5.85. The number of carbonyl (C=O) groups excluding carboxylic acids is 1. The summed E-state index contributed by atoms with van der Waals surface area (Å²) >= 11 is 3.43. The molecule has 0 saturated heterocycles. The number of halogens is 1. The first-order valence-corrected chi connectivity index (χ1v) is 7.13. The number of hydrogen-bond donors (Lipinski definition) is 2. The summed E-state index contributed by atoms with van der Waals surface area (Å²) in [6, 6.07) is 0. The fourth-order valence-electron chi connectivity index (χ4n) is 1.49. The summed E-state index contributed by atoms with van der Waals surface area (Å²) in [5.74, 6) is 1.26. The molecule has 0 saturated carbocycles. The number of aromatic nitrogens is 2. The third-order valence-corrected chi connectivity index (χ3v) is 3.11. The van der Waals surface area contributed by atoms with E-state index in [2.05, 4.69) is 43.5 Å². The Labute approximate surface area is 122 Å². The molecule has 0 radical (unpaired) electrons. The van der Waals surface area contributed by atoms with Gasteiger partial charge < -0.3 is 15.5 Å². The number of amides is 1. The number of nitrogens with one attached hydrogen (secondary N) is 2. The van der Waals surface area contributed by atoms with E-state index in [9.17, 15) is 4.79 Å². The standard InChI is InChI=1S/C12H20BrN5O/c1-4-6-15-12-16-7-9(13)11(17-12)18(5-2)8-10(19)14-3/h7H,4-6,8H2,1-3H3,(H,14,19)(H,15,16,17). The van der Waals surface area contributed by atoms with Crippen molar-refractivity contribution < 1.29 is 4.79 Å². The maximum absolute atomic E-state index is 11.5. The van der Waals surface area contributed by atoms with E-state index in [0.717, 1.165) is 23.3 Å². The Bertz CT molecular complexity index is 427. The zero-order chi connectivity index (χ0) is 14.3. The third-order valence-electron chi connectivity index (χ3n) is 2.55. The van der Waals surface area contributed by atoms with Gasteiger partial charge in [0.15, 0.2) is 0 Å². The molecule has 19 heavy (non-hydrogen) atoms. The highest BCUT2D eigenvalue weighted by Gasteiger charge is 2.14. The summed E-state index contributed by atoms with van der Waals surface area (Å²) in [5.41, 5.74) is 0. The predicted molar refractivity (Wildman–Crippen MR) is 80.5 cm³/mol. The number of rotatable bonds is 7. The largest absolute Gasteiger partial charge is 0.358 e. The van der Waals surface area contributed by atoms with Gasteiger partial charge in [-0.15, -0.1) is 0 Å². The van der Waals surface area contributed by atoms with Crippen LogP contribution in [-0.4, -0.2) is 42.6 Å². The van der Waals surface area contributed by atoms with Gasteiger partial charge in [0.25, 0.3) is 0 Å². The second-order valence-electron chi connectivity index (χ2n) is 3.98. The second-order valence-corrected chi connectivity index (χ2v) is 4.83. The van der Waals surface area contributed by atoms with E-state index in [-0.39, 0.29) is 12.5 Å². The zero-order valence-electron chi connectivity index (χ0n) is 11.5. The highest BCUT2D eigenvalue weighted by atomic mass is 79.9. The fraction of sp³-hybridized carbons (Fsp3) is 0.583. The highest BCUT2D eigenvalue weighted by molar-refractivity contribution is 9.10. The smallest absolute Gasteiger partial charge is 0.239 e. The van der Waals surface area contributed by atoms with Gasteiger partial charge >= 0.3 is 0 Å². The maximum atomic E-state index is 11.5. The summed E-state index contributed by atoms with van der Waals surface area (Å²) in [6.07, 6.45) is 2.71. The lowest BCUT2D eigenvalue weighted by Gasteiger charge is -2.22. The average Bonchev–Trinajstić information content (AvgIpc) is 2.43. The van der Waals surface area contributed by atoms with E-state index in [0.29, 0.717) is 12.5 Å². The van der Waals surface area contributed by atoms with E-state index < -0.39 is 0 Å². The number of likely N-dealkylation sites (N-methyl/N-ethyl adjacent to an activating group) is 2. The van der Waals surface area contributed by atoms with Crippen LogP contribution in [0.15, 0.2) is 10.7 Å². The van der Waals surface area contributed by atoms with E-state index in [1.54, 1.807) is 13.2 Å². The third kappa shape index (κ3) is 4.66.